The van der Waals surface area contributed by atoms with Crippen molar-refractivity contribution in [3.63, 3.8) is 0 Å². The molecule has 2 aliphatic heterocycles. The topological polar surface area (TPSA) is 137 Å². The summed E-state index contributed by atoms with van der Waals surface area (Å²) in [5.74, 6) is -0.113. The predicted molar refractivity (Wildman–Crippen MR) is 139 cm³/mol. The molecule has 40 heavy (non-hydrogen) atoms. The van der Waals surface area contributed by atoms with E-state index in [2.05, 4.69) is 10.3 Å². The fourth-order valence-corrected chi connectivity index (χ4v) is 6.25. The Hall–Kier alpha value is -3.24. The zero-order chi connectivity index (χ0) is 29.7. The van der Waals surface area contributed by atoms with Crippen molar-refractivity contribution in [1.29, 1.82) is 0 Å². The standard InChI is InChI=1S/C24H28F3N5O6S2/c1-23(2)21(33)32(18-4-6-19(7-5-18)40(37,38)24(25,26)27)22(34)31(23)15-16-8-11-28-20(14-16)29-17-9-12-30(13-10-17)39(3,35)36/h4-8,11,14,17H,9-10,12-13,15H2,1-3H3,(H,28,29). The van der Waals surface area contributed by atoms with Gasteiger partial charge in [0.2, 0.25) is 10.0 Å². The number of halogens is 3. The van der Waals surface area contributed by atoms with Crippen LogP contribution in [0.5, 0.6) is 0 Å². The monoisotopic (exact) mass is 603 g/mol. The summed E-state index contributed by atoms with van der Waals surface area (Å²) in [5.41, 5.74) is -6.22. The van der Waals surface area contributed by atoms with E-state index in [1.807, 2.05) is 0 Å². The summed E-state index contributed by atoms with van der Waals surface area (Å²) < 4.78 is 86.8. The van der Waals surface area contributed by atoms with Gasteiger partial charge in [0, 0.05) is 31.9 Å². The molecule has 0 unspecified atom stereocenters. The van der Waals surface area contributed by atoms with Gasteiger partial charge in [0.15, 0.2) is 0 Å². The molecule has 1 aromatic heterocycles. The summed E-state index contributed by atoms with van der Waals surface area (Å²) in [7, 11) is -8.84. The van der Waals surface area contributed by atoms with Crippen molar-refractivity contribution in [2.24, 2.45) is 0 Å². The Morgan fingerprint density at radius 1 is 1.02 bits per heavy atom. The van der Waals surface area contributed by atoms with Gasteiger partial charge in [0.25, 0.3) is 15.7 Å². The summed E-state index contributed by atoms with van der Waals surface area (Å²) in [4.78, 5) is 31.9. The fourth-order valence-electron chi connectivity index (χ4n) is 4.61. The van der Waals surface area contributed by atoms with Gasteiger partial charge in [-0.15, -0.1) is 0 Å². The Morgan fingerprint density at radius 3 is 2.17 bits per heavy atom. The van der Waals surface area contributed by atoms with E-state index < -0.39 is 47.7 Å². The van der Waals surface area contributed by atoms with Gasteiger partial charge in [-0.25, -0.2) is 35.8 Å². The quantitative estimate of drug-likeness (QED) is 0.477. The molecule has 3 amide bonds. The van der Waals surface area contributed by atoms with Crippen LogP contribution in [0.2, 0.25) is 0 Å². The third-order valence-electron chi connectivity index (χ3n) is 6.97. The Labute approximate surface area is 229 Å². The van der Waals surface area contributed by atoms with Crippen LogP contribution in [0, 0.1) is 0 Å². The number of hydrogen-bond acceptors (Lipinski definition) is 8. The van der Waals surface area contributed by atoms with Gasteiger partial charge >= 0.3 is 11.5 Å². The second-order valence-electron chi connectivity index (χ2n) is 10.1. The number of nitrogens with zero attached hydrogens (tertiary/aromatic N) is 4. The molecule has 2 saturated heterocycles. The highest BCUT2D eigenvalue weighted by Crippen LogP contribution is 2.35. The Morgan fingerprint density at radius 2 is 1.62 bits per heavy atom. The highest BCUT2D eigenvalue weighted by Gasteiger charge is 2.52. The summed E-state index contributed by atoms with van der Waals surface area (Å²) in [6.07, 6.45) is 3.88. The van der Waals surface area contributed by atoms with E-state index >= 15 is 0 Å². The third kappa shape index (κ3) is 5.65. The molecule has 218 valence electrons. The van der Waals surface area contributed by atoms with Crippen LogP contribution in [-0.4, -0.2) is 79.4 Å². The number of amides is 3. The average molecular weight is 604 g/mol. The van der Waals surface area contributed by atoms with E-state index in [-0.39, 0.29) is 18.3 Å². The van der Waals surface area contributed by atoms with Crippen LogP contribution in [0.15, 0.2) is 47.5 Å². The Kier molecular flexibility index (Phi) is 7.66. The average Bonchev–Trinajstić information content (AvgIpc) is 3.02. The smallest absolute Gasteiger partial charge is 0.367 e. The first-order valence-corrected chi connectivity index (χ1v) is 15.5. The van der Waals surface area contributed by atoms with E-state index in [4.69, 9.17) is 0 Å². The van der Waals surface area contributed by atoms with Crippen LogP contribution in [0.4, 0.5) is 29.5 Å². The van der Waals surface area contributed by atoms with Gasteiger partial charge in [-0.3, -0.25) is 4.79 Å². The molecule has 0 spiro atoms. The summed E-state index contributed by atoms with van der Waals surface area (Å²) in [6, 6.07) is 6.04. The minimum absolute atomic E-state index is 0.00758. The number of carbonyl (C=O) groups is 2. The van der Waals surface area contributed by atoms with Crippen LogP contribution >= 0.6 is 0 Å². The molecule has 11 nitrogen and oxygen atoms in total. The normalized spacial score (nSPS) is 19.4. The van der Waals surface area contributed by atoms with Crippen molar-refractivity contribution in [2.45, 2.75) is 55.2 Å². The van der Waals surface area contributed by atoms with E-state index in [0.717, 1.165) is 17.0 Å². The molecular weight excluding hydrogens is 575 g/mol. The van der Waals surface area contributed by atoms with Crippen molar-refractivity contribution in [3.05, 3.63) is 48.2 Å². The van der Waals surface area contributed by atoms with E-state index in [0.29, 0.717) is 49.4 Å². The molecule has 1 N–H and O–H groups in total. The minimum Gasteiger partial charge on any atom is -0.367 e. The van der Waals surface area contributed by atoms with Crippen LogP contribution < -0.4 is 10.2 Å². The van der Waals surface area contributed by atoms with Crippen molar-refractivity contribution in [1.82, 2.24) is 14.2 Å². The molecule has 4 rings (SSSR count). The Balaban J connectivity index is 1.49. The first-order chi connectivity index (χ1) is 18.4. The summed E-state index contributed by atoms with van der Waals surface area (Å²) in [5, 5.41) is 3.28. The van der Waals surface area contributed by atoms with Crippen molar-refractivity contribution < 1.29 is 39.6 Å². The molecule has 2 aliphatic rings. The maximum absolute atomic E-state index is 13.3. The summed E-state index contributed by atoms with van der Waals surface area (Å²) >= 11 is 0. The molecule has 2 fully saturated rings. The molecule has 2 aromatic rings. The van der Waals surface area contributed by atoms with Crippen LogP contribution in [0.3, 0.4) is 0 Å². The number of imide groups is 1. The summed E-state index contributed by atoms with van der Waals surface area (Å²) in [6.45, 7) is 3.84. The van der Waals surface area contributed by atoms with Gasteiger partial charge < -0.3 is 10.2 Å². The number of sulfonamides is 1. The predicted octanol–water partition coefficient (Wildman–Crippen LogP) is 2.96. The fraction of sp³-hybridized carbons (Fsp3) is 0.458. The van der Waals surface area contributed by atoms with Gasteiger partial charge in [0.1, 0.15) is 11.4 Å². The first kappa shape index (κ1) is 29.7. The number of sulfone groups is 1. The molecule has 0 radical (unpaired) electrons. The minimum atomic E-state index is -5.58. The van der Waals surface area contributed by atoms with Gasteiger partial charge in [0.05, 0.1) is 16.8 Å². The molecule has 1 aromatic carbocycles. The lowest BCUT2D eigenvalue weighted by atomic mass is 10.0. The second-order valence-corrected chi connectivity index (χ2v) is 14.1. The van der Waals surface area contributed by atoms with E-state index in [1.165, 1.54) is 35.5 Å². The SMILES string of the molecule is CC1(C)C(=O)N(c2ccc(S(=O)(=O)C(F)(F)F)cc2)C(=O)N1Cc1ccnc(NC2CCN(S(C)(=O)=O)CC2)c1. The lowest BCUT2D eigenvalue weighted by Gasteiger charge is -2.31. The number of benzene rings is 1. The Bertz CT molecular complexity index is 1520. The van der Waals surface area contributed by atoms with Crippen molar-refractivity contribution >= 4 is 43.3 Å². The number of rotatable bonds is 7. The highest BCUT2D eigenvalue weighted by molar-refractivity contribution is 7.92. The van der Waals surface area contributed by atoms with Gasteiger partial charge in [-0.1, -0.05) is 0 Å². The number of aromatic nitrogens is 1. The van der Waals surface area contributed by atoms with Crippen molar-refractivity contribution in [2.75, 3.05) is 29.6 Å². The number of carbonyl (C=O) groups excluding carboxylic acids is 2. The first-order valence-electron chi connectivity index (χ1n) is 12.2. The van der Waals surface area contributed by atoms with Crippen LogP contribution in [-0.2, 0) is 31.2 Å². The number of alkyl halides is 3. The lowest BCUT2D eigenvalue weighted by Crippen LogP contribution is -2.43. The van der Waals surface area contributed by atoms with E-state index in [1.54, 1.807) is 12.1 Å². The number of piperidine rings is 1. The third-order valence-corrected chi connectivity index (χ3v) is 9.78. The molecule has 0 bridgehead atoms. The number of urea groups is 1. The molecule has 0 atom stereocenters. The van der Waals surface area contributed by atoms with Crippen LogP contribution in [0.1, 0.15) is 32.3 Å². The maximum Gasteiger partial charge on any atom is 0.501 e. The zero-order valence-electron chi connectivity index (χ0n) is 21.8. The number of hydrogen-bond donors (Lipinski definition) is 1. The largest absolute Gasteiger partial charge is 0.501 e. The number of nitrogens with one attached hydrogen (secondary N) is 1. The maximum atomic E-state index is 13.3. The van der Waals surface area contributed by atoms with Crippen LogP contribution in [0.25, 0.3) is 0 Å². The van der Waals surface area contributed by atoms with E-state index in [9.17, 15) is 39.6 Å². The molecule has 0 aliphatic carbocycles. The molecule has 16 heteroatoms. The molecule has 3 heterocycles. The van der Waals surface area contributed by atoms with Crippen molar-refractivity contribution in [3.8, 4) is 0 Å². The molecular formula is C24H28F3N5O6S2. The van der Waals surface area contributed by atoms with Gasteiger partial charge in [-0.05, 0) is 68.7 Å². The lowest BCUT2D eigenvalue weighted by molar-refractivity contribution is -0.123. The highest BCUT2D eigenvalue weighted by atomic mass is 32.2. The second kappa shape index (κ2) is 10.3. The molecule has 0 saturated carbocycles. The number of anilines is 2. The zero-order valence-corrected chi connectivity index (χ0v) is 23.5. The van der Waals surface area contributed by atoms with Gasteiger partial charge in [-0.2, -0.15) is 13.2 Å². The number of pyridine rings is 1.